The predicted octanol–water partition coefficient (Wildman–Crippen LogP) is 4.81. The van der Waals surface area contributed by atoms with Crippen LogP contribution in [-0.4, -0.2) is 17.1 Å². The molecule has 0 aromatic heterocycles. The Balaban J connectivity index is 1.74. The molecule has 0 atom stereocenters. The molecule has 0 bridgehead atoms. The number of carbonyl (C=O) groups excluding carboxylic acids is 2. The van der Waals surface area contributed by atoms with Crippen molar-refractivity contribution in [3.05, 3.63) is 70.1 Å². The molecule has 144 valence electrons. The van der Waals surface area contributed by atoms with Crippen molar-refractivity contribution in [3.8, 4) is 0 Å². The number of para-hydroxylation sites is 1. The number of thioether (sulfide) groups is 1. The quantitative estimate of drug-likeness (QED) is 0.705. The zero-order chi connectivity index (χ0) is 20.3. The molecular weight excluding hydrogens is 391 g/mol. The number of benzene rings is 2. The number of urea groups is 1. The van der Waals surface area contributed by atoms with Crippen LogP contribution in [0.2, 0.25) is 0 Å². The van der Waals surface area contributed by atoms with Crippen LogP contribution in [0.3, 0.4) is 0 Å². The van der Waals surface area contributed by atoms with Gasteiger partial charge in [-0.2, -0.15) is 18.2 Å². The van der Waals surface area contributed by atoms with E-state index in [-0.39, 0.29) is 5.17 Å². The van der Waals surface area contributed by atoms with Gasteiger partial charge >= 0.3 is 12.2 Å². The summed E-state index contributed by atoms with van der Waals surface area (Å²) < 4.78 is 38.9. The number of nitrogens with zero attached hydrogens (tertiary/aromatic N) is 1. The Hall–Kier alpha value is -3.07. The lowest BCUT2D eigenvalue weighted by Gasteiger charge is -2.12. The van der Waals surface area contributed by atoms with Gasteiger partial charge in [-0.1, -0.05) is 42.0 Å². The SMILES string of the molecule is Cc1ccc(C=C2S/C(=N\C(=O)Nc3ccccc3C(F)(F)F)NC2=O)cc1. The molecule has 1 saturated heterocycles. The van der Waals surface area contributed by atoms with Crippen molar-refractivity contribution in [1.29, 1.82) is 0 Å². The number of alkyl halides is 3. The van der Waals surface area contributed by atoms with Gasteiger partial charge in [0, 0.05) is 0 Å². The van der Waals surface area contributed by atoms with Gasteiger partial charge in [0.25, 0.3) is 5.91 Å². The first kappa shape index (κ1) is 19.7. The molecule has 2 N–H and O–H groups in total. The molecule has 9 heteroatoms. The number of aryl methyl sites for hydroxylation is 1. The van der Waals surface area contributed by atoms with Crippen molar-refractivity contribution >= 4 is 40.6 Å². The first-order valence-electron chi connectivity index (χ1n) is 8.06. The standard InChI is InChI=1S/C19H14F3N3O2S/c1-11-6-8-12(9-7-11)10-15-16(26)24-18(28-15)25-17(27)23-14-5-3-2-4-13(14)19(20,21)22/h2-10H,1H3,(H2,23,24,25,26,27). The lowest BCUT2D eigenvalue weighted by atomic mass is 10.1. The van der Waals surface area contributed by atoms with Crippen LogP contribution in [-0.2, 0) is 11.0 Å². The van der Waals surface area contributed by atoms with Crippen LogP contribution in [0.25, 0.3) is 6.08 Å². The summed E-state index contributed by atoms with van der Waals surface area (Å²) in [6.07, 6.45) is -2.98. The highest BCUT2D eigenvalue weighted by Crippen LogP contribution is 2.34. The van der Waals surface area contributed by atoms with E-state index in [9.17, 15) is 22.8 Å². The fourth-order valence-electron chi connectivity index (χ4n) is 2.37. The average molecular weight is 405 g/mol. The highest BCUT2D eigenvalue weighted by Gasteiger charge is 2.33. The molecule has 1 aliphatic heterocycles. The minimum atomic E-state index is -4.61. The Bertz CT molecular complexity index is 983. The Morgan fingerprint density at radius 1 is 1.14 bits per heavy atom. The van der Waals surface area contributed by atoms with E-state index in [4.69, 9.17) is 0 Å². The van der Waals surface area contributed by atoms with Gasteiger partial charge in [-0.3, -0.25) is 4.79 Å². The van der Waals surface area contributed by atoms with Crippen LogP contribution in [0, 0.1) is 6.92 Å². The zero-order valence-electron chi connectivity index (χ0n) is 14.5. The van der Waals surface area contributed by atoms with Crippen LogP contribution in [0.5, 0.6) is 0 Å². The fraction of sp³-hybridized carbons (Fsp3) is 0.105. The van der Waals surface area contributed by atoms with Gasteiger partial charge in [0.15, 0.2) is 5.17 Å². The van der Waals surface area contributed by atoms with Gasteiger partial charge in [0.05, 0.1) is 16.2 Å². The van der Waals surface area contributed by atoms with Crippen LogP contribution >= 0.6 is 11.8 Å². The zero-order valence-corrected chi connectivity index (χ0v) is 15.3. The van der Waals surface area contributed by atoms with E-state index in [2.05, 4.69) is 15.6 Å². The van der Waals surface area contributed by atoms with Gasteiger partial charge < -0.3 is 10.6 Å². The van der Waals surface area contributed by atoms with Crippen LogP contribution in [0.15, 0.2) is 58.4 Å². The number of hydrogen-bond acceptors (Lipinski definition) is 3. The monoisotopic (exact) mass is 405 g/mol. The smallest absolute Gasteiger partial charge is 0.305 e. The summed E-state index contributed by atoms with van der Waals surface area (Å²) in [7, 11) is 0. The van der Waals surface area contributed by atoms with Gasteiger partial charge in [0.2, 0.25) is 0 Å². The topological polar surface area (TPSA) is 70.6 Å². The molecule has 1 aliphatic rings. The molecule has 3 rings (SSSR count). The molecule has 0 saturated carbocycles. The lowest BCUT2D eigenvalue weighted by Crippen LogP contribution is -2.22. The summed E-state index contributed by atoms with van der Waals surface area (Å²) in [5.74, 6) is -0.437. The van der Waals surface area contributed by atoms with E-state index in [1.54, 1.807) is 6.08 Å². The maximum atomic E-state index is 13.0. The minimum Gasteiger partial charge on any atom is -0.305 e. The Morgan fingerprint density at radius 2 is 1.82 bits per heavy atom. The van der Waals surface area contributed by atoms with Crippen LogP contribution in [0.4, 0.5) is 23.7 Å². The van der Waals surface area contributed by atoms with Gasteiger partial charge in [0.1, 0.15) is 0 Å². The molecule has 1 fully saturated rings. The maximum Gasteiger partial charge on any atom is 0.418 e. The van der Waals surface area contributed by atoms with Gasteiger partial charge in [-0.05, 0) is 42.5 Å². The number of aliphatic imine (C=N–C) groups is 1. The predicted molar refractivity (Wildman–Crippen MR) is 103 cm³/mol. The number of halogens is 3. The van der Waals surface area contributed by atoms with Crippen LogP contribution in [0.1, 0.15) is 16.7 Å². The van der Waals surface area contributed by atoms with E-state index in [1.807, 2.05) is 31.2 Å². The molecule has 2 aromatic rings. The van der Waals surface area contributed by atoms with Crippen molar-refractivity contribution in [2.45, 2.75) is 13.1 Å². The van der Waals surface area contributed by atoms with Crippen molar-refractivity contribution in [2.24, 2.45) is 4.99 Å². The Labute approximate surface area is 162 Å². The summed E-state index contributed by atoms with van der Waals surface area (Å²) in [5, 5.41) is 4.51. The number of nitrogens with one attached hydrogen (secondary N) is 2. The number of rotatable bonds is 2. The van der Waals surface area contributed by atoms with Crippen molar-refractivity contribution < 1.29 is 22.8 Å². The molecule has 0 radical (unpaired) electrons. The second-order valence-electron chi connectivity index (χ2n) is 5.87. The first-order chi connectivity index (χ1) is 13.2. The Kier molecular flexibility index (Phi) is 5.55. The second kappa shape index (κ2) is 7.89. The molecule has 0 aliphatic carbocycles. The van der Waals surface area contributed by atoms with Gasteiger partial charge in [-0.25, -0.2) is 4.79 Å². The van der Waals surface area contributed by atoms with Crippen molar-refractivity contribution in [3.63, 3.8) is 0 Å². The third-order valence-corrected chi connectivity index (χ3v) is 4.61. The molecule has 1 heterocycles. The summed E-state index contributed by atoms with van der Waals surface area (Å²) in [6, 6.07) is 11.0. The average Bonchev–Trinajstić information content (AvgIpc) is 2.95. The van der Waals surface area contributed by atoms with E-state index >= 15 is 0 Å². The molecule has 5 nitrogen and oxygen atoms in total. The van der Waals surface area contributed by atoms with E-state index in [1.165, 1.54) is 12.1 Å². The molecule has 0 unspecified atom stereocenters. The summed E-state index contributed by atoms with van der Waals surface area (Å²) in [4.78, 5) is 28.0. The molecule has 3 amide bonds. The van der Waals surface area contributed by atoms with E-state index < -0.39 is 29.4 Å². The summed E-state index contributed by atoms with van der Waals surface area (Å²) in [5.41, 5.74) is 0.484. The summed E-state index contributed by atoms with van der Waals surface area (Å²) >= 11 is 0.934. The van der Waals surface area contributed by atoms with Crippen LogP contribution < -0.4 is 10.6 Å². The number of amides is 3. The third-order valence-electron chi connectivity index (χ3n) is 3.70. The highest BCUT2D eigenvalue weighted by molar-refractivity contribution is 8.18. The second-order valence-corrected chi connectivity index (χ2v) is 6.90. The maximum absolute atomic E-state index is 13.0. The largest absolute Gasteiger partial charge is 0.418 e. The van der Waals surface area contributed by atoms with Crippen molar-refractivity contribution in [2.75, 3.05) is 5.32 Å². The van der Waals surface area contributed by atoms with E-state index in [0.29, 0.717) is 4.91 Å². The Morgan fingerprint density at radius 3 is 2.50 bits per heavy atom. The highest BCUT2D eigenvalue weighted by atomic mass is 32.2. The molecule has 2 aromatic carbocycles. The minimum absolute atomic E-state index is 0.00893. The number of anilines is 1. The molecule has 0 spiro atoms. The summed E-state index contributed by atoms with van der Waals surface area (Å²) in [6.45, 7) is 1.94. The molecular formula is C19H14F3N3O2S. The fourth-order valence-corrected chi connectivity index (χ4v) is 3.19. The van der Waals surface area contributed by atoms with Gasteiger partial charge in [-0.15, -0.1) is 0 Å². The normalized spacial score (nSPS) is 17.1. The molecule has 28 heavy (non-hydrogen) atoms. The lowest BCUT2D eigenvalue weighted by molar-refractivity contribution is -0.136. The first-order valence-corrected chi connectivity index (χ1v) is 8.87. The van der Waals surface area contributed by atoms with Crippen molar-refractivity contribution in [1.82, 2.24) is 5.32 Å². The number of amidine groups is 1. The number of carbonyl (C=O) groups is 2. The number of hydrogen-bond donors (Lipinski definition) is 2. The van der Waals surface area contributed by atoms with E-state index in [0.717, 1.165) is 35.0 Å². The third kappa shape index (κ3) is 4.80.